The second kappa shape index (κ2) is 8.86. The van der Waals surface area contributed by atoms with E-state index in [1.165, 1.54) is 0 Å². The maximum absolute atomic E-state index is 12.9. The predicted octanol–water partition coefficient (Wildman–Crippen LogP) is 2.56. The summed E-state index contributed by atoms with van der Waals surface area (Å²) < 4.78 is 16.3. The Bertz CT molecular complexity index is 871. The molecule has 7 heteroatoms. The third-order valence-electron chi connectivity index (χ3n) is 5.08. The number of carbonyl (C=O) groups is 2. The molecule has 0 atom stereocenters. The Labute approximate surface area is 169 Å². The molecule has 2 aliphatic heterocycles. The lowest BCUT2D eigenvalue weighted by Gasteiger charge is -2.22. The van der Waals surface area contributed by atoms with Crippen LogP contribution in [0.1, 0.15) is 23.2 Å². The predicted molar refractivity (Wildman–Crippen MR) is 106 cm³/mol. The molecular formula is C22H24N2O5. The van der Waals surface area contributed by atoms with Crippen LogP contribution in [0, 0.1) is 0 Å². The highest BCUT2D eigenvalue weighted by atomic mass is 16.7. The SMILES string of the molecule is O=C(CCOc1ccccc1)N1CCCN(C(=O)c2ccc3c(c2)OCO3)CC1. The van der Waals surface area contributed by atoms with Crippen molar-refractivity contribution in [1.82, 2.24) is 9.80 Å². The van der Waals surface area contributed by atoms with Gasteiger partial charge in [-0.2, -0.15) is 0 Å². The van der Waals surface area contributed by atoms with Crippen molar-refractivity contribution in [2.45, 2.75) is 12.8 Å². The first kappa shape index (κ1) is 19.1. The molecule has 1 saturated heterocycles. The summed E-state index contributed by atoms with van der Waals surface area (Å²) in [6.45, 7) is 2.84. The topological polar surface area (TPSA) is 68.3 Å². The van der Waals surface area contributed by atoms with Gasteiger partial charge in [0.05, 0.1) is 13.0 Å². The second-order valence-electron chi connectivity index (χ2n) is 7.01. The van der Waals surface area contributed by atoms with Crippen LogP contribution in [0.3, 0.4) is 0 Å². The quantitative estimate of drug-likeness (QED) is 0.777. The van der Waals surface area contributed by atoms with Crippen molar-refractivity contribution in [2.75, 3.05) is 39.6 Å². The van der Waals surface area contributed by atoms with Crippen molar-refractivity contribution < 1.29 is 23.8 Å². The van der Waals surface area contributed by atoms with E-state index in [0.717, 1.165) is 12.2 Å². The van der Waals surface area contributed by atoms with Crippen LogP contribution in [-0.2, 0) is 4.79 Å². The van der Waals surface area contributed by atoms with Crippen LogP contribution in [0.4, 0.5) is 0 Å². The summed E-state index contributed by atoms with van der Waals surface area (Å²) in [5.74, 6) is 2.02. The molecule has 0 radical (unpaired) electrons. The molecule has 1 fully saturated rings. The largest absolute Gasteiger partial charge is 0.493 e. The lowest BCUT2D eigenvalue weighted by Crippen LogP contribution is -2.37. The fourth-order valence-corrected chi connectivity index (χ4v) is 3.51. The fraction of sp³-hybridized carbons (Fsp3) is 0.364. The Kier molecular flexibility index (Phi) is 5.84. The Morgan fingerprint density at radius 3 is 2.52 bits per heavy atom. The van der Waals surface area contributed by atoms with Crippen molar-refractivity contribution in [3.05, 3.63) is 54.1 Å². The summed E-state index contributed by atoms with van der Waals surface area (Å²) in [5.41, 5.74) is 0.574. The normalized spacial score (nSPS) is 15.7. The molecule has 0 spiro atoms. The van der Waals surface area contributed by atoms with Crippen molar-refractivity contribution in [2.24, 2.45) is 0 Å². The number of nitrogens with zero attached hydrogens (tertiary/aromatic N) is 2. The lowest BCUT2D eigenvalue weighted by atomic mass is 10.1. The monoisotopic (exact) mass is 396 g/mol. The number of ether oxygens (including phenoxy) is 3. The first-order valence-electron chi connectivity index (χ1n) is 9.85. The highest BCUT2D eigenvalue weighted by molar-refractivity contribution is 5.95. The van der Waals surface area contributed by atoms with Crippen molar-refractivity contribution >= 4 is 11.8 Å². The molecule has 2 aliphatic rings. The van der Waals surface area contributed by atoms with Gasteiger partial charge in [0.15, 0.2) is 11.5 Å². The van der Waals surface area contributed by atoms with Crippen molar-refractivity contribution in [1.29, 1.82) is 0 Å². The zero-order valence-corrected chi connectivity index (χ0v) is 16.2. The molecule has 0 aromatic heterocycles. The molecule has 0 aliphatic carbocycles. The number of para-hydroxylation sites is 1. The number of benzene rings is 2. The number of rotatable bonds is 5. The minimum Gasteiger partial charge on any atom is -0.493 e. The Hall–Kier alpha value is -3.22. The zero-order chi connectivity index (χ0) is 20.1. The standard InChI is InChI=1S/C22H24N2O5/c25-21(9-14-27-18-5-2-1-3-6-18)23-10-4-11-24(13-12-23)22(26)17-7-8-19-20(15-17)29-16-28-19/h1-3,5-8,15H,4,9-14,16H2. The summed E-state index contributed by atoms with van der Waals surface area (Å²) in [6, 6.07) is 14.7. The summed E-state index contributed by atoms with van der Waals surface area (Å²) in [5, 5.41) is 0. The van der Waals surface area contributed by atoms with Crippen LogP contribution in [0.25, 0.3) is 0 Å². The average Bonchev–Trinajstić information content (AvgIpc) is 3.08. The van der Waals surface area contributed by atoms with Gasteiger partial charge < -0.3 is 24.0 Å². The van der Waals surface area contributed by atoms with Crippen LogP contribution < -0.4 is 14.2 Å². The third-order valence-corrected chi connectivity index (χ3v) is 5.08. The number of fused-ring (bicyclic) bond motifs is 1. The minimum atomic E-state index is -0.0509. The van der Waals surface area contributed by atoms with Crippen molar-refractivity contribution in [3.8, 4) is 17.2 Å². The molecule has 2 aromatic rings. The number of hydrogen-bond donors (Lipinski definition) is 0. The van der Waals surface area contributed by atoms with Crippen LogP contribution >= 0.6 is 0 Å². The number of carbonyl (C=O) groups excluding carboxylic acids is 2. The highest BCUT2D eigenvalue weighted by Crippen LogP contribution is 2.32. The molecule has 29 heavy (non-hydrogen) atoms. The summed E-state index contributed by atoms with van der Waals surface area (Å²) >= 11 is 0. The number of hydrogen-bond acceptors (Lipinski definition) is 5. The van der Waals surface area contributed by atoms with Crippen LogP contribution in [0.15, 0.2) is 48.5 Å². The average molecular weight is 396 g/mol. The summed E-state index contributed by atoms with van der Waals surface area (Å²) in [7, 11) is 0. The molecule has 2 amide bonds. The fourth-order valence-electron chi connectivity index (χ4n) is 3.51. The van der Waals surface area contributed by atoms with Gasteiger partial charge in [-0.1, -0.05) is 18.2 Å². The van der Waals surface area contributed by atoms with Gasteiger partial charge in [0, 0.05) is 31.7 Å². The summed E-state index contributed by atoms with van der Waals surface area (Å²) in [6.07, 6.45) is 1.08. The lowest BCUT2D eigenvalue weighted by molar-refractivity contribution is -0.131. The molecule has 0 bridgehead atoms. The first-order valence-corrected chi connectivity index (χ1v) is 9.85. The van der Waals surface area contributed by atoms with Gasteiger partial charge in [-0.15, -0.1) is 0 Å². The van der Waals surface area contributed by atoms with E-state index in [0.29, 0.717) is 56.3 Å². The van der Waals surface area contributed by atoms with E-state index in [1.807, 2.05) is 35.2 Å². The van der Waals surface area contributed by atoms with E-state index >= 15 is 0 Å². The van der Waals surface area contributed by atoms with E-state index in [4.69, 9.17) is 14.2 Å². The summed E-state index contributed by atoms with van der Waals surface area (Å²) in [4.78, 5) is 29.0. The highest BCUT2D eigenvalue weighted by Gasteiger charge is 2.24. The third kappa shape index (κ3) is 4.62. The molecule has 4 rings (SSSR count). The van der Waals surface area contributed by atoms with E-state index in [2.05, 4.69) is 0 Å². The maximum atomic E-state index is 12.9. The van der Waals surface area contributed by atoms with Crippen LogP contribution in [-0.4, -0.2) is 61.2 Å². The molecule has 0 N–H and O–H groups in total. The molecular weight excluding hydrogens is 372 g/mol. The molecule has 0 unspecified atom stereocenters. The van der Waals surface area contributed by atoms with Gasteiger partial charge >= 0.3 is 0 Å². The van der Waals surface area contributed by atoms with Gasteiger partial charge in [-0.25, -0.2) is 0 Å². The Morgan fingerprint density at radius 2 is 1.66 bits per heavy atom. The Morgan fingerprint density at radius 1 is 0.897 bits per heavy atom. The maximum Gasteiger partial charge on any atom is 0.254 e. The van der Waals surface area contributed by atoms with Gasteiger partial charge in [0.1, 0.15) is 5.75 Å². The first-order chi connectivity index (χ1) is 14.2. The second-order valence-corrected chi connectivity index (χ2v) is 7.01. The van der Waals surface area contributed by atoms with Gasteiger partial charge in [0.25, 0.3) is 5.91 Å². The van der Waals surface area contributed by atoms with Gasteiger partial charge in [-0.05, 0) is 36.8 Å². The van der Waals surface area contributed by atoms with E-state index in [9.17, 15) is 9.59 Å². The van der Waals surface area contributed by atoms with Crippen LogP contribution in [0.2, 0.25) is 0 Å². The Balaban J connectivity index is 1.28. The number of amides is 2. The van der Waals surface area contributed by atoms with Crippen LogP contribution in [0.5, 0.6) is 17.2 Å². The van der Waals surface area contributed by atoms with Gasteiger partial charge in [0.2, 0.25) is 12.7 Å². The molecule has 152 valence electrons. The molecule has 7 nitrogen and oxygen atoms in total. The zero-order valence-electron chi connectivity index (χ0n) is 16.2. The van der Waals surface area contributed by atoms with E-state index < -0.39 is 0 Å². The molecule has 0 saturated carbocycles. The van der Waals surface area contributed by atoms with Crippen molar-refractivity contribution in [3.63, 3.8) is 0 Å². The minimum absolute atomic E-state index is 0.0509. The van der Waals surface area contributed by atoms with E-state index in [1.54, 1.807) is 23.1 Å². The van der Waals surface area contributed by atoms with Gasteiger partial charge in [-0.3, -0.25) is 9.59 Å². The smallest absolute Gasteiger partial charge is 0.254 e. The molecule has 2 aromatic carbocycles. The molecule has 2 heterocycles. The van der Waals surface area contributed by atoms with E-state index in [-0.39, 0.29) is 18.6 Å².